The summed E-state index contributed by atoms with van der Waals surface area (Å²) in [5.41, 5.74) is 5.11. The van der Waals surface area contributed by atoms with Crippen LogP contribution >= 0.6 is 0 Å². The molecule has 0 bridgehead atoms. The molecular weight excluding hydrogens is 759 g/mol. The summed E-state index contributed by atoms with van der Waals surface area (Å²) >= 11 is 0. The molecule has 0 N–H and O–H groups in total. The second kappa shape index (κ2) is 37.9. The second-order valence-corrected chi connectivity index (χ2v) is 10.2. The molecular formula is C48H48Zr2. The van der Waals surface area contributed by atoms with Crippen LogP contribution in [-0.4, -0.2) is 0 Å². The van der Waals surface area contributed by atoms with Gasteiger partial charge in [-0.05, 0) is 0 Å². The number of hydrogen-bond donors (Lipinski definition) is 0. The molecule has 248 valence electrons. The van der Waals surface area contributed by atoms with Crippen molar-refractivity contribution in [2.75, 3.05) is 0 Å². The molecule has 0 aliphatic rings. The fourth-order valence-corrected chi connectivity index (χ4v) is 3.19. The predicted molar refractivity (Wildman–Crippen MR) is 208 cm³/mol. The van der Waals surface area contributed by atoms with E-state index < -0.39 is 0 Å². The van der Waals surface area contributed by atoms with Crippen molar-refractivity contribution in [3.63, 3.8) is 0 Å². The first-order chi connectivity index (χ1) is 23.6. The maximum atomic E-state index is 2.96. The first-order valence-electron chi connectivity index (χ1n) is 16.0. The minimum atomic E-state index is 0. The molecule has 0 spiro atoms. The first-order valence-corrected chi connectivity index (χ1v) is 16.0. The van der Waals surface area contributed by atoms with Crippen LogP contribution in [0.2, 0.25) is 0 Å². The molecule has 0 aliphatic carbocycles. The molecule has 0 nitrogen and oxygen atoms in total. The first kappa shape index (κ1) is 48.2. The molecule has 0 amide bonds. The Morgan fingerprint density at radius 2 is 0.560 bits per heavy atom. The summed E-state index contributed by atoms with van der Waals surface area (Å²) in [4.78, 5) is 0. The van der Waals surface area contributed by atoms with Crippen LogP contribution in [0.25, 0.3) is 0 Å². The van der Waals surface area contributed by atoms with Gasteiger partial charge in [0.05, 0.1) is 0 Å². The Kier molecular flexibility index (Phi) is 36.5. The van der Waals surface area contributed by atoms with E-state index in [1.807, 2.05) is 206 Å². The van der Waals surface area contributed by atoms with Gasteiger partial charge in [-0.3, -0.25) is 0 Å². The molecule has 0 saturated heterocycles. The third-order valence-electron chi connectivity index (χ3n) is 5.72. The molecule has 0 fully saturated rings. The number of benzene rings is 4. The van der Waals surface area contributed by atoms with Gasteiger partial charge in [0, 0.05) is 0 Å². The molecule has 0 saturated carbocycles. The maximum absolute atomic E-state index is 2.96. The Morgan fingerprint density at radius 3 is 0.660 bits per heavy atom. The zero-order chi connectivity index (χ0) is 34.6. The van der Waals surface area contributed by atoms with Crippen molar-refractivity contribution in [3.05, 3.63) is 265 Å². The van der Waals surface area contributed by atoms with Gasteiger partial charge < -0.3 is 0 Å². The molecule has 0 aliphatic heterocycles. The van der Waals surface area contributed by atoms with E-state index in [0.717, 1.165) is 0 Å². The zero-order valence-electron chi connectivity index (χ0n) is 29.8. The molecule has 0 unspecified atom stereocenters. The van der Waals surface area contributed by atoms with Gasteiger partial charge in [-0.2, -0.15) is 216 Å². The van der Waals surface area contributed by atoms with Gasteiger partial charge in [0.2, 0.25) is 0 Å². The van der Waals surface area contributed by atoms with Crippen LogP contribution in [0.3, 0.4) is 0 Å². The van der Waals surface area contributed by atoms with E-state index in [4.69, 9.17) is 0 Å². The van der Waals surface area contributed by atoms with Gasteiger partial charge >= 0.3 is 52.4 Å². The van der Waals surface area contributed by atoms with E-state index >= 15 is 0 Å². The van der Waals surface area contributed by atoms with Crippen molar-refractivity contribution in [1.29, 1.82) is 0 Å². The SMILES string of the molecule is Cc1c[c-]ccc1.Cc1c[c-]ccc1.Cc1cc[c-]cc1.Cc1cc[c-]cc1.[Zr+4].[Zr+4].c1cc[cH-]c1.c1cc[cH-]c1.c1cc[cH-]c1.c1cc[cH-]c1. The average Bonchev–Trinajstić information content (AvgIpc) is 3.98. The summed E-state index contributed by atoms with van der Waals surface area (Å²) in [6.07, 6.45) is 0. The van der Waals surface area contributed by atoms with Crippen molar-refractivity contribution in [3.8, 4) is 0 Å². The normalized spacial score (nSPS) is 8.08. The number of hydrogen-bond acceptors (Lipinski definition) is 0. The monoisotopic (exact) mass is 804 g/mol. The Balaban J connectivity index is 0. The Morgan fingerprint density at radius 1 is 0.300 bits per heavy atom. The van der Waals surface area contributed by atoms with Crippen LogP contribution < -0.4 is 0 Å². The van der Waals surface area contributed by atoms with Crippen molar-refractivity contribution < 1.29 is 52.4 Å². The van der Waals surface area contributed by atoms with Gasteiger partial charge in [-0.1, -0.05) is 27.7 Å². The third-order valence-corrected chi connectivity index (χ3v) is 5.72. The second-order valence-electron chi connectivity index (χ2n) is 10.2. The molecule has 0 radical (unpaired) electrons. The van der Waals surface area contributed by atoms with Crippen LogP contribution in [0.4, 0.5) is 0 Å². The van der Waals surface area contributed by atoms with E-state index in [0.29, 0.717) is 0 Å². The largest absolute Gasteiger partial charge is 4.00 e. The summed E-state index contributed by atoms with van der Waals surface area (Å²) in [6.45, 7) is 8.23. The Bertz CT molecular complexity index is 1260. The average molecular weight is 807 g/mol. The molecule has 2 heteroatoms. The van der Waals surface area contributed by atoms with Crippen LogP contribution in [0, 0.1) is 52.0 Å². The molecule has 8 aromatic rings. The minimum Gasteiger partial charge on any atom is -0.214 e. The van der Waals surface area contributed by atoms with Gasteiger partial charge in [0.1, 0.15) is 0 Å². The smallest absolute Gasteiger partial charge is 0.214 e. The van der Waals surface area contributed by atoms with E-state index in [-0.39, 0.29) is 52.4 Å². The molecule has 8 aromatic carbocycles. The van der Waals surface area contributed by atoms with E-state index in [2.05, 4.69) is 64.1 Å². The van der Waals surface area contributed by atoms with Crippen molar-refractivity contribution >= 4 is 0 Å². The Hall–Kier alpha value is -3.95. The number of rotatable bonds is 0. The predicted octanol–water partition coefficient (Wildman–Crippen LogP) is 12.8. The molecule has 50 heavy (non-hydrogen) atoms. The van der Waals surface area contributed by atoms with E-state index in [1.54, 1.807) is 0 Å². The van der Waals surface area contributed by atoms with Crippen LogP contribution in [0.1, 0.15) is 22.3 Å². The third kappa shape index (κ3) is 35.4. The standard InChI is InChI=1S/4C7H7.4C5H5.2Zr/c4*1-7-5-3-2-4-6-7;4*1-2-4-5-3-1;;/h2*3-6H,1H3;2*2-3,5-6H,1H3;4*1-5H;;/q8*-1;2*+4. The van der Waals surface area contributed by atoms with Crippen molar-refractivity contribution in [1.82, 2.24) is 0 Å². The fourth-order valence-electron chi connectivity index (χ4n) is 3.19. The summed E-state index contributed by atoms with van der Waals surface area (Å²) < 4.78 is 0. The molecule has 0 heterocycles. The summed E-state index contributed by atoms with van der Waals surface area (Å²) in [5, 5.41) is 0. The van der Waals surface area contributed by atoms with Gasteiger partial charge in [-0.25, -0.2) is 48.5 Å². The number of aryl methyl sites for hydroxylation is 4. The zero-order valence-corrected chi connectivity index (χ0v) is 34.7. The van der Waals surface area contributed by atoms with Gasteiger partial charge in [-0.15, -0.1) is 0 Å². The van der Waals surface area contributed by atoms with E-state index in [9.17, 15) is 0 Å². The van der Waals surface area contributed by atoms with Crippen molar-refractivity contribution in [2.45, 2.75) is 27.7 Å². The van der Waals surface area contributed by atoms with E-state index in [1.165, 1.54) is 22.3 Å². The van der Waals surface area contributed by atoms with Crippen LogP contribution in [0.15, 0.2) is 218 Å². The maximum Gasteiger partial charge on any atom is 4.00 e. The molecule has 0 aromatic heterocycles. The molecule has 8 rings (SSSR count). The van der Waals surface area contributed by atoms with Crippen LogP contribution in [-0.2, 0) is 52.4 Å². The van der Waals surface area contributed by atoms with Crippen LogP contribution in [0.5, 0.6) is 0 Å². The summed E-state index contributed by atoms with van der Waals surface area (Å²) in [5.74, 6) is 0. The molecule has 0 atom stereocenters. The quantitative estimate of drug-likeness (QED) is 0.134. The van der Waals surface area contributed by atoms with Gasteiger partial charge in [0.15, 0.2) is 0 Å². The van der Waals surface area contributed by atoms with Crippen molar-refractivity contribution in [2.24, 2.45) is 0 Å². The summed E-state index contributed by atoms with van der Waals surface area (Å²) in [6, 6.07) is 83.3. The fraction of sp³-hybridized carbons (Fsp3) is 0.0833. The topological polar surface area (TPSA) is 0 Å². The minimum absolute atomic E-state index is 0. The van der Waals surface area contributed by atoms with Gasteiger partial charge in [0.25, 0.3) is 0 Å². The summed E-state index contributed by atoms with van der Waals surface area (Å²) in [7, 11) is 0. The Labute approximate surface area is 342 Å².